The summed E-state index contributed by atoms with van der Waals surface area (Å²) in [6.07, 6.45) is 5.04. The van der Waals surface area contributed by atoms with Crippen molar-refractivity contribution in [3.05, 3.63) is 54.9 Å². The average Bonchev–Trinajstić information content (AvgIpc) is 3.09. The maximum absolute atomic E-state index is 9.36. The largest absolute Gasteiger partial charge is 0.378 e. The van der Waals surface area contributed by atoms with Gasteiger partial charge in [0.15, 0.2) is 0 Å². The number of nitrogens with one attached hydrogen (secondary N) is 1. The van der Waals surface area contributed by atoms with E-state index in [1.165, 1.54) is 0 Å². The Labute approximate surface area is 151 Å². The lowest BCUT2D eigenvalue weighted by Crippen LogP contribution is -1.87. The predicted molar refractivity (Wildman–Crippen MR) is 105 cm³/mol. The van der Waals surface area contributed by atoms with E-state index in [0.29, 0.717) is 12.2 Å². The van der Waals surface area contributed by atoms with E-state index in [0.717, 1.165) is 33.1 Å². The third kappa shape index (κ3) is 4.91. The Morgan fingerprint density at radius 2 is 1.92 bits per heavy atom. The summed E-state index contributed by atoms with van der Waals surface area (Å²) < 4.78 is 0. The minimum atomic E-state index is 0.573. The zero-order valence-corrected chi connectivity index (χ0v) is 15.1. The average molecular weight is 358 g/mol. The minimum Gasteiger partial charge on any atom is -0.378 e. The highest BCUT2D eigenvalue weighted by atomic mass is 32.1. The van der Waals surface area contributed by atoms with Crippen LogP contribution in [0.4, 0.5) is 5.00 Å². The highest BCUT2D eigenvalue weighted by Gasteiger charge is 2.12. The van der Waals surface area contributed by atoms with Crippen molar-refractivity contribution in [1.29, 1.82) is 0 Å². The molecule has 0 saturated heterocycles. The first kappa shape index (κ1) is 18.2. The number of hydrogen-bond acceptors (Lipinski definition) is 6. The highest BCUT2D eigenvalue weighted by molar-refractivity contribution is 7.80. The fourth-order valence-corrected chi connectivity index (χ4v) is 2.98. The lowest BCUT2D eigenvalue weighted by molar-refractivity contribution is -0.107. The van der Waals surface area contributed by atoms with Gasteiger partial charge in [0.2, 0.25) is 0 Å². The normalized spacial score (nSPS) is 9.75. The van der Waals surface area contributed by atoms with Gasteiger partial charge in [0, 0.05) is 37.0 Å². The van der Waals surface area contributed by atoms with Gasteiger partial charge in [0.25, 0.3) is 0 Å². The summed E-state index contributed by atoms with van der Waals surface area (Å²) in [5.41, 5.74) is 3.16. The Morgan fingerprint density at radius 1 is 1.17 bits per heavy atom. The molecule has 0 spiro atoms. The van der Waals surface area contributed by atoms with E-state index in [9.17, 15) is 4.79 Å². The Hall–Kier alpha value is -2.18. The summed E-state index contributed by atoms with van der Waals surface area (Å²) in [6, 6.07) is 14.2. The van der Waals surface area contributed by atoms with Crippen molar-refractivity contribution in [2.24, 2.45) is 0 Å². The van der Waals surface area contributed by atoms with Gasteiger partial charge >= 0.3 is 0 Å². The molecule has 0 amide bonds. The van der Waals surface area contributed by atoms with Crippen molar-refractivity contribution >= 4 is 35.3 Å². The molecule has 0 fully saturated rings. The molecule has 124 valence electrons. The molecular formula is C18H19N3OS2. The number of pyridine rings is 1. The molecule has 0 radical (unpaired) electrons. The van der Waals surface area contributed by atoms with Crippen LogP contribution in [0.2, 0.25) is 0 Å². The fourth-order valence-electron chi connectivity index (χ4n) is 1.95. The summed E-state index contributed by atoms with van der Waals surface area (Å²) in [5, 5.41) is 5.28. The molecule has 4 nitrogen and oxygen atoms in total. The lowest BCUT2D eigenvalue weighted by Gasteiger charge is -2.00. The molecular weight excluding hydrogens is 338 g/mol. The van der Waals surface area contributed by atoms with Gasteiger partial charge in [-0.25, -0.2) is 4.98 Å². The molecule has 0 atom stereocenters. The van der Waals surface area contributed by atoms with Gasteiger partial charge < -0.3 is 10.1 Å². The predicted octanol–water partition coefficient (Wildman–Crippen LogP) is 4.42. The van der Waals surface area contributed by atoms with Crippen LogP contribution in [0, 0.1) is 0 Å². The second kappa shape index (κ2) is 9.85. The number of anilines is 1. The summed E-state index contributed by atoms with van der Waals surface area (Å²) in [5.74, 6) is 0.670. The van der Waals surface area contributed by atoms with Crippen LogP contribution < -0.4 is 5.32 Å². The number of aldehydes is 1. The van der Waals surface area contributed by atoms with Crippen molar-refractivity contribution in [3.8, 4) is 21.8 Å². The summed E-state index contributed by atoms with van der Waals surface area (Å²) in [6.45, 7) is 0. The molecule has 3 rings (SSSR count). The van der Waals surface area contributed by atoms with Crippen molar-refractivity contribution in [2.75, 3.05) is 18.1 Å². The van der Waals surface area contributed by atoms with Crippen molar-refractivity contribution < 1.29 is 4.79 Å². The first-order chi connectivity index (χ1) is 11.8. The molecule has 0 aliphatic heterocycles. The zero-order valence-electron chi connectivity index (χ0n) is 13.3. The first-order valence-corrected chi connectivity index (χ1v) is 8.94. The van der Waals surface area contributed by atoms with Crippen molar-refractivity contribution in [2.45, 2.75) is 6.42 Å². The molecule has 2 aromatic heterocycles. The van der Waals surface area contributed by atoms with E-state index in [1.54, 1.807) is 17.5 Å². The van der Waals surface area contributed by atoms with Crippen LogP contribution >= 0.6 is 24.0 Å². The lowest BCUT2D eigenvalue weighted by atomic mass is 10.1. The van der Waals surface area contributed by atoms with Gasteiger partial charge in [-0.3, -0.25) is 4.98 Å². The summed E-state index contributed by atoms with van der Waals surface area (Å²) in [4.78, 5) is 18.2. The number of nitrogens with zero attached hydrogens (tertiary/aromatic N) is 2. The monoisotopic (exact) mass is 357 g/mol. The number of aromatic nitrogens is 2. The maximum Gasteiger partial charge on any atom is 0.127 e. The Balaban J connectivity index is 0.000000368. The van der Waals surface area contributed by atoms with Crippen LogP contribution in [0.3, 0.4) is 0 Å². The molecule has 1 N–H and O–H groups in total. The molecule has 0 saturated carbocycles. The third-order valence-corrected chi connectivity index (χ3v) is 4.44. The van der Waals surface area contributed by atoms with Gasteiger partial charge in [-0.15, -0.1) is 0 Å². The number of rotatable bonds is 5. The van der Waals surface area contributed by atoms with Gasteiger partial charge in [-0.1, -0.05) is 41.7 Å². The Bertz CT molecular complexity index is 745. The second-order valence-electron chi connectivity index (χ2n) is 4.73. The smallest absolute Gasteiger partial charge is 0.127 e. The zero-order chi connectivity index (χ0) is 17.2. The Morgan fingerprint density at radius 3 is 2.46 bits per heavy atom. The van der Waals surface area contributed by atoms with Crippen LogP contribution in [0.25, 0.3) is 21.8 Å². The summed E-state index contributed by atoms with van der Waals surface area (Å²) in [7, 11) is 1.92. The quantitative estimate of drug-likeness (QED) is 0.524. The van der Waals surface area contributed by atoms with E-state index in [-0.39, 0.29) is 0 Å². The van der Waals surface area contributed by atoms with E-state index < -0.39 is 0 Å². The minimum absolute atomic E-state index is 0.573. The van der Waals surface area contributed by atoms with Crippen LogP contribution in [-0.4, -0.2) is 29.1 Å². The van der Waals surface area contributed by atoms with Crippen molar-refractivity contribution in [1.82, 2.24) is 9.97 Å². The third-order valence-electron chi connectivity index (χ3n) is 3.06. The molecule has 0 aliphatic carbocycles. The van der Waals surface area contributed by atoms with E-state index >= 15 is 0 Å². The number of thiazole rings is 1. The van der Waals surface area contributed by atoms with Crippen molar-refractivity contribution in [3.63, 3.8) is 0 Å². The first-order valence-electron chi connectivity index (χ1n) is 7.49. The van der Waals surface area contributed by atoms with Crippen LogP contribution in [0.5, 0.6) is 0 Å². The van der Waals surface area contributed by atoms with E-state index in [2.05, 4.69) is 35.1 Å². The Kier molecular flexibility index (Phi) is 7.45. The van der Waals surface area contributed by atoms with Crippen LogP contribution in [0.1, 0.15) is 6.42 Å². The number of carbonyl (C=O) groups excluding carboxylic acids is 1. The molecule has 6 heteroatoms. The standard InChI is InChI=1S/C15H13N3S.C3H6OS/c1-16-15-13(11-6-3-2-4-7-11)18-14(19-15)12-8-5-9-17-10-12;4-2-1-3-5/h2-10,16H,1H3;2,5H,1,3H2. The molecule has 1 aromatic carbocycles. The SMILES string of the molecule is CNc1sc(-c2cccnc2)nc1-c1ccccc1.O=CCCS. The number of benzene rings is 1. The maximum atomic E-state index is 9.36. The van der Waals surface area contributed by atoms with E-state index in [4.69, 9.17) is 4.98 Å². The topological polar surface area (TPSA) is 54.9 Å². The number of carbonyl (C=O) groups is 1. The molecule has 0 bridgehead atoms. The van der Waals surface area contributed by atoms with Crippen LogP contribution in [-0.2, 0) is 4.79 Å². The molecule has 0 aliphatic rings. The van der Waals surface area contributed by atoms with E-state index in [1.807, 2.05) is 43.6 Å². The van der Waals surface area contributed by atoms with Gasteiger partial charge in [0.1, 0.15) is 22.0 Å². The summed E-state index contributed by atoms with van der Waals surface area (Å²) >= 11 is 5.41. The molecule has 3 aromatic rings. The fraction of sp³-hybridized carbons (Fsp3) is 0.167. The molecule has 0 unspecified atom stereocenters. The number of thiol groups is 1. The van der Waals surface area contributed by atoms with Gasteiger partial charge in [-0.05, 0) is 17.9 Å². The van der Waals surface area contributed by atoms with Gasteiger partial charge in [0.05, 0.1) is 0 Å². The number of hydrogen-bond donors (Lipinski definition) is 2. The molecule has 2 heterocycles. The van der Waals surface area contributed by atoms with Crippen LogP contribution in [0.15, 0.2) is 54.9 Å². The highest BCUT2D eigenvalue weighted by Crippen LogP contribution is 2.37. The molecule has 24 heavy (non-hydrogen) atoms. The second-order valence-corrected chi connectivity index (χ2v) is 6.18. The van der Waals surface area contributed by atoms with Gasteiger partial charge in [-0.2, -0.15) is 12.6 Å².